The Morgan fingerprint density at radius 3 is 1.71 bits per heavy atom. The van der Waals surface area contributed by atoms with Crippen molar-refractivity contribution in [3.63, 3.8) is 0 Å². The molecule has 30 atom stereocenters. The molecule has 82 heavy (non-hydrogen) atoms. The number of aliphatic hydroxyl groups excluding tert-OH is 16. The van der Waals surface area contributed by atoms with Crippen LogP contribution in [0.25, 0.3) is 0 Å². The van der Waals surface area contributed by atoms with Gasteiger partial charge in [0.05, 0.1) is 32.5 Å². The molecule has 0 aromatic heterocycles. The van der Waals surface area contributed by atoms with Crippen molar-refractivity contribution >= 4 is 5.91 Å². The van der Waals surface area contributed by atoms with E-state index in [9.17, 15) is 86.5 Å². The molecule has 6 fully saturated rings. The van der Waals surface area contributed by atoms with Crippen molar-refractivity contribution in [3.05, 3.63) is 30.3 Å². The number of nitrogens with one attached hydrogen (secondary N) is 1. The summed E-state index contributed by atoms with van der Waals surface area (Å²) in [5.41, 5.74) is 3.57. The van der Waals surface area contributed by atoms with Crippen LogP contribution in [0, 0.1) is 0 Å². The number of hydrogen-bond donors (Lipinski definition) is 18. The summed E-state index contributed by atoms with van der Waals surface area (Å²) in [4.78, 5) is 12.9. The molecule has 472 valence electrons. The lowest BCUT2D eigenvalue weighted by atomic mass is 9.85. The number of nitrogens with two attached hydrogens (primary N) is 1. The van der Waals surface area contributed by atoms with Gasteiger partial charge in [-0.1, -0.05) is 18.2 Å². The summed E-state index contributed by atoms with van der Waals surface area (Å²) in [5, 5.41) is 179. The number of amides is 1. The lowest BCUT2D eigenvalue weighted by Gasteiger charge is -2.52. The summed E-state index contributed by atoms with van der Waals surface area (Å²) >= 11 is 0. The van der Waals surface area contributed by atoms with Crippen molar-refractivity contribution in [1.82, 2.24) is 5.32 Å². The fourth-order valence-corrected chi connectivity index (χ4v) is 10.5. The van der Waals surface area contributed by atoms with E-state index < -0.39 is 216 Å². The molecule has 0 radical (unpaired) electrons. The first kappa shape index (κ1) is 66.8. The van der Waals surface area contributed by atoms with E-state index in [1.807, 2.05) is 0 Å². The number of para-hydroxylation sites is 1. The maximum absolute atomic E-state index is 12.9. The summed E-state index contributed by atoms with van der Waals surface area (Å²) in [6.45, 7) is -0.0377. The van der Waals surface area contributed by atoms with Crippen molar-refractivity contribution in [2.24, 2.45) is 5.73 Å². The Morgan fingerprint density at radius 1 is 0.537 bits per heavy atom. The third-order valence-electron chi connectivity index (χ3n) is 15.4. The van der Waals surface area contributed by atoms with Crippen LogP contribution in [0.5, 0.6) is 5.75 Å². The number of ether oxygens (including phenoxy) is 13. The van der Waals surface area contributed by atoms with Gasteiger partial charge in [0.2, 0.25) is 5.91 Å². The maximum Gasteiger partial charge on any atom is 0.217 e. The highest BCUT2D eigenvalue weighted by Gasteiger charge is 2.60. The van der Waals surface area contributed by atoms with Gasteiger partial charge in [0.1, 0.15) is 152 Å². The van der Waals surface area contributed by atoms with Crippen molar-refractivity contribution < 1.29 is 148 Å². The van der Waals surface area contributed by atoms with Gasteiger partial charge in [0.15, 0.2) is 37.7 Å². The summed E-state index contributed by atoms with van der Waals surface area (Å²) in [6, 6.07) is 6.68. The summed E-state index contributed by atoms with van der Waals surface area (Å²) < 4.78 is 76.9. The second-order valence-corrected chi connectivity index (χ2v) is 21.2. The average molecular weight is 1190 g/mol. The molecule has 32 nitrogen and oxygen atoms in total. The Kier molecular flexibility index (Phi) is 24.3. The van der Waals surface area contributed by atoms with E-state index in [1.165, 1.54) is 13.8 Å². The number of rotatable bonds is 24. The van der Waals surface area contributed by atoms with Gasteiger partial charge in [0.25, 0.3) is 0 Å². The Balaban J connectivity index is 1.10. The topological polar surface area (TPSA) is 499 Å². The van der Waals surface area contributed by atoms with Gasteiger partial charge in [0, 0.05) is 13.5 Å². The molecule has 18 unspecified atom stereocenters. The van der Waals surface area contributed by atoms with Gasteiger partial charge in [-0.3, -0.25) is 4.79 Å². The number of benzene rings is 1. The van der Waals surface area contributed by atoms with Crippen LogP contribution in [0.2, 0.25) is 0 Å². The van der Waals surface area contributed by atoms with Crippen molar-refractivity contribution in [2.45, 2.75) is 224 Å². The van der Waals surface area contributed by atoms with Crippen LogP contribution in [-0.2, 0) is 61.6 Å². The standard InChI is InChI=1S/C50H82N2O30/c1-19-28(58)32(62)35(65)46(72-19)81-42-33(63)29(59)22(14-53)75-49(42)79-40-27(52-20(2)57)44(73-23(15-54)30(40)60)80-41-31(61)24(16-55)74-47(37(41)67)78-39-25(17-56)76-48(36(66)34(39)64)82-50(3)26(18-71-21-10-6-4-7-11-21)77-45(38(68)43(50)69)70-13-9-5-8-12-51/h4,6-7,10-11,19,22-49,53-56,58-69H,5,8-9,12-18,51H2,1-3H3,(H,52,57)/t19?,22?,23?,24?,25?,26?,27?,28-,29+,30+,31+,32?,33?,34?,35?,36?,37?,38?,39+,40?,41?,42?,43?,44+,45-,46+,47-,48+,49+,50-/m1/s1. The average Bonchev–Trinajstić information content (AvgIpc) is 2.52. The predicted octanol–water partition coefficient (Wildman–Crippen LogP) is -9.30. The van der Waals surface area contributed by atoms with E-state index in [2.05, 4.69) is 5.32 Å². The number of carbonyl (C=O) groups excluding carboxylic acids is 1. The molecule has 0 bridgehead atoms. The van der Waals surface area contributed by atoms with E-state index in [-0.39, 0.29) is 13.2 Å². The summed E-state index contributed by atoms with van der Waals surface area (Å²) in [5.74, 6) is -0.467. The minimum atomic E-state index is -2.22. The van der Waals surface area contributed by atoms with Gasteiger partial charge < -0.3 is 154 Å². The normalized spacial score (nSPS) is 46.5. The van der Waals surface area contributed by atoms with E-state index >= 15 is 0 Å². The number of hydrogen-bond acceptors (Lipinski definition) is 31. The highest BCUT2D eigenvalue weighted by atomic mass is 16.8. The molecule has 6 saturated heterocycles. The molecular weight excluding hydrogens is 1110 g/mol. The second-order valence-electron chi connectivity index (χ2n) is 21.2. The molecule has 6 aliphatic heterocycles. The van der Waals surface area contributed by atoms with Gasteiger partial charge >= 0.3 is 0 Å². The highest BCUT2D eigenvalue weighted by molar-refractivity contribution is 5.73. The van der Waals surface area contributed by atoms with Crippen LogP contribution in [0.15, 0.2) is 30.3 Å². The Labute approximate surface area is 470 Å². The highest BCUT2D eigenvalue weighted by Crippen LogP contribution is 2.40. The third kappa shape index (κ3) is 14.8. The smallest absolute Gasteiger partial charge is 0.217 e. The zero-order valence-corrected chi connectivity index (χ0v) is 45.1. The van der Waals surface area contributed by atoms with Crippen molar-refractivity contribution in [2.75, 3.05) is 46.2 Å². The fourth-order valence-electron chi connectivity index (χ4n) is 10.5. The second kappa shape index (κ2) is 29.8. The van der Waals surface area contributed by atoms with Crippen LogP contribution in [0.1, 0.15) is 40.0 Å². The summed E-state index contributed by atoms with van der Waals surface area (Å²) in [6.07, 6.45) is -49.6. The molecule has 19 N–H and O–H groups in total. The molecule has 32 heteroatoms. The van der Waals surface area contributed by atoms with E-state index in [0.29, 0.717) is 25.1 Å². The lowest BCUT2D eigenvalue weighted by Crippen LogP contribution is -2.71. The van der Waals surface area contributed by atoms with Gasteiger partial charge in [-0.2, -0.15) is 0 Å². The van der Waals surface area contributed by atoms with E-state index in [4.69, 9.17) is 67.3 Å². The van der Waals surface area contributed by atoms with Crippen LogP contribution >= 0.6 is 0 Å². The molecule has 7 rings (SSSR count). The van der Waals surface area contributed by atoms with E-state index in [1.54, 1.807) is 30.3 Å². The lowest BCUT2D eigenvalue weighted by molar-refractivity contribution is -0.402. The molecule has 1 aromatic carbocycles. The molecule has 1 amide bonds. The first-order chi connectivity index (χ1) is 39.0. The molecule has 0 spiro atoms. The quantitative estimate of drug-likeness (QED) is 0.0427. The van der Waals surface area contributed by atoms with Gasteiger partial charge in [-0.15, -0.1) is 0 Å². The fraction of sp³-hybridized carbons (Fsp3) is 0.860. The molecule has 0 saturated carbocycles. The monoisotopic (exact) mass is 1190 g/mol. The maximum atomic E-state index is 12.9. The van der Waals surface area contributed by atoms with Crippen molar-refractivity contribution in [1.29, 1.82) is 0 Å². The number of unbranched alkanes of at least 4 members (excludes halogenated alkanes) is 2. The molecule has 6 aliphatic rings. The van der Waals surface area contributed by atoms with Crippen LogP contribution in [0.4, 0.5) is 0 Å². The molecule has 6 heterocycles. The van der Waals surface area contributed by atoms with E-state index in [0.717, 1.165) is 13.3 Å². The number of carbonyl (C=O) groups is 1. The molecular formula is C50H82N2O30. The minimum Gasteiger partial charge on any atom is -0.491 e. The molecule has 0 aliphatic carbocycles. The molecule has 1 aromatic rings. The zero-order valence-electron chi connectivity index (χ0n) is 45.1. The summed E-state index contributed by atoms with van der Waals surface area (Å²) in [7, 11) is 0. The van der Waals surface area contributed by atoms with Crippen LogP contribution in [-0.4, -0.2) is 317 Å². The van der Waals surface area contributed by atoms with Gasteiger partial charge in [-0.05, 0) is 51.8 Å². The largest absolute Gasteiger partial charge is 0.491 e. The zero-order chi connectivity index (χ0) is 59.9. The minimum absolute atomic E-state index is 0.125. The first-order valence-corrected chi connectivity index (χ1v) is 27.1. The third-order valence-corrected chi connectivity index (χ3v) is 15.4. The Hall–Kier alpha value is -2.67. The Bertz CT molecular complexity index is 2080. The van der Waals surface area contributed by atoms with Crippen LogP contribution in [0.3, 0.4) is 0 Å². The number of aliphatic hydroxyl groups is 16. The van der Waals surface area contributed by atoms with Crippen molar-refractivity contribution in [3.8, 4) is 5.75 Å². The first-order valence-electron chi connectivity index (χ1n) is 27.1. The van der Waals surface area contributed by atoms with Gasteiger partial charge in [-0.25, -0.2) is 0 Å². The SMILES string of the molecule is CC(=O)NC1C(O[C@@H]2OC(CO)[C@H](O)C(O)C2O[C@@H]2OC(C)[C@@H](O)C(O)C2O)[C@@H](O)C(CO)O[C@H]1OC1C(O)[C@@H](O[C@H]2C(CO)O[C@@H](O[C@]3(C)C(COc4ccccc4)O[C@@H](OCCCCCN)C(O)C3O)C(O)C2O)OC(CO)[C@@H]1O. The Morgan fingerprint density at radius 2 is 1.07 bits per heavy atom. The van der Waals surface area contributed by atoms with Crippen LogP contribution < -0.4 is 15.8 Å². The predicted molar refractivity (Wildman–Crippen MR) is 265 cm³/mol.